The van der Waals surface area contributed by atoms with Crippen molar-refractivity contribution < 1.29 is 27.1 Å². The standard InChI is InChI=1S/C25H32F2N6O4S/c1-17-14-21(30-23(28-17)33-11-8-25(26,27)16-33)29-22(35)19-3-2-18(31-38(36,37)13-12-34)15-20(19)32-9-6-24(4-5-24)7-10-32/h2-3,14-15,31,34H,4-13,16H2,1H3,(H,28,29,30,35). The van der Waals surface area contributed by atoms with Crippen molar-refractivity contribution in [2.24, 2.45) is 5.41 Å². The SMILES string of the molecule is Cc1cc(NC(=O)c2ccc(NS(=O)(=O)CCO)cc2N2CCC3(CC2)CC3)nc(N2CCC(F)(F)C2)n1. The molecule has 2 saturated heterocycles. The normalized spacial score (nSPS) is 20.0. The minimum atomic E-state index is -3.74. The van der Waals surface area contributed by atoms with Crippen LogP contribution in [-0.2, 0) is 10.0 Å². The molecule has 0 bridgehead atoms. The van der Waals surface area contributed by atoms with E-state index in [2.05, 4.69) is 24.9 Å². The number of amides is 1. The summed E-state index contributed by atoms with van der Waals surface area (Å²) in [7, 11) is -3.74. The molecule has 3 fully saturated rings. The summed E-state index contributed by atoms with van der Waals surface area (Å²) in [6.45, 7) is 2.33. The predicted molar refractivity (Wildman–Crippen MR) is 141 cm³/mol. The molecule has 5 rings (SSSR count). The van der Waals surface area contributed by atoms with Gasteiger partial charge in [0, 0.05) is 37.8 Å². The Kier molecular flexibility index (Phi) is 6.93. The Morgan fingerprint density at radius 2 is 1.76 bits per heavy atom. The Morgan fingerprint density at radius 1 is 1.05 bits per heavy atom. The highest BCUT2D eigenvalue weighted by atomic mass is 32.2. The average Bonchev–Trinajstić information content (AvgIpc) is 3.49. The first-order valence-corrected chi connectivity index (χ1v) is 14.4. The van der Waals surface area contributed by atoms with Crippen LogP contribution in [0.5, 0.6) is 0 Å². The molecule has 38 heavy (non-hydrogen) atoms. The zero-order chi connectivity index (χ0) is 27.1. The van der Waals surface area contributed by atoms with Gasteiger partial charge in [0.15, 0.2) is 0 Å². The molecule has 2 aliphatic heterocycles. The van der Waals surface area contributed by atoms with E-state index in [1.54, 1.807) is 25.1 Å². The molecule has 3 N–H and O–H groups in total. The molecule has 1 saturated carbocycles. The number of carbonyl (C=O) groups is 1. The third-order valence-electron chi connectivity index (χ3n) is 7.53. The highest BCUT2D eigenvalue weighted by Crippen LogP contribution is 2.54. The van der Waals surface area contributed by atoms with Crippen molar-refractivity contribution in [3.8, 4) is 0 Å². The molecule has 1 amide bonds. The van der Waals surface area contributed by atoms with E-state index in [-0.39, 0.29) is 24.7 Å². The highest BCUT2D eigenvalue weighted by Gasteiger charge is 2.44. The molecule has 1 aliphatic carbocycles. The molecule has 10 nitrogen and oxygen atoms in total. The number of piperidine rings is 1. The summed E-state index contributed by atoms with van der Waals surface area (Å²) in [4.78, 5) is 25.5. The van der Waals surface area contributed by atoms with Crippen LogP contribution in [0, 0.1) is 12.3 Å². The fourth-order valence-electron chi connectivity index (χ4n) is 5.15. The molecule has 3 aliphatic rings. The van der Waals surface area contributed by atoms with Gasteiger partial charge in [-0.05, 0) is 56.2 Å². The summed E-state index contributed by atoms with van der Waals surface area (Å²) in [6, 6.07) is 6.27. The van der Waals surface area contributed by atoms with E-state index in [1.807, 2.05) is 0 Å². The maximum atomic E-state index is 13.7. The highest BCUT2D eigenvalue weighted by molar-refractivity contribution is 7.92. The molecule has 13 heteroatoms. The lowest BCUT2D eigenvalue weighted by atomic mass is 9.93. The van der Waals surface area contributed by atoms with Crippen molar-refractivity contribution >= 4 is 39.1 Å². The molecule has 0 atom stereocenters. The maximum Gasteiger partial charge on any atom is 0.267 e. The lowest BCUT2D eigenvalue weighted by Gasteiger charge is -2.35. The lowest BCUT2D eigenvalue weighted by Crippen LogP contribution is -2.36. The fraction of sp³-hybridized carbons (Fsp3) is 0.560. The summed E-state index contributed by atoms with van der Waals surface area (Å²) in [6.07, 6.45) is 4.16. The van der Waals surface area contributed by atoms with Crippen LogP contribution in [0.25, 0.3) is 0 Å². The van der Waals surface area contributed by atoms with Gasteiger partial charge in [0.25, 0.3) is 11.8 Å². The minimum Gasteiger partial charge on any atom is -0.395 e. The summed E-state index contributed by atoms with van der Waals surface area (Å²) in [5.74, 6) is -3.36. The van der Waals surface area contributed by atoms with Crippen molar-refractivity contribution in [3.05, 3.63) is 35.5 Å². The van der Waals surface area contributed by atoms with Gasteiger partial charge in [-0.15, -0.1) is 0 Å². The number of rotatable bonds is 8. The molecular formula is C25H32F2N6O4S. The molecule has 2 aromatic rings. The van der Waals surface area contributed by atoms with Gasteiger partial charge in [0.1, 0.15) is 5.82 Å². The molecule has 1 aromatic heterocycles. The van der Waals surface area contributed by atoms with Crippen LogP contribution in [0.1, 0.15) is 48.2 Å². The van der Waals surface area contributed by atoms with Gasteiger partial charge in [-0.1, -0.05) is 0 Å². The zero-order valence-corrected chi connectivity index (χ0v) is 22.0. The Balaban J connectivity index is 1.40. The van der Waals surface area contributed by atoms with E-state index in [0.29, 0.717) is 28.0 Å². The van der Waals surface area contributed by atoms with Crippen molar-refractivity contribution in [3.63, 3.8) is 0 Å². The number of aliphatic hydroxyl groups is 1. The molecule has 206 valence electrons. The molecular weight excluding hydrogens is 518 g/mol. The van der Waals surface area contributed by atoms with E-state index in [4.69, 9.17) is 5.11 Å². The third-order valence-corrected chi connectivity index (χ3v) is 8.80. The second kappa shape index (κ2) is 9.92. The third kappa shape index (κ3) is 5.98. The average molecular weight is 551 g/mol. The molecule has 0 radical (unpaired) electrons. The van der Waals surface area contributed by atoms with Crippen LogP contribution in [0.15, 0.2) is 24.3 Å². The first-order chi connectivity index (χ1) is 18.0. The van der Waals surface area contributed by atoms with Crippen LogP contribution < -0.4 is 19.8 Å². The Morgan fingerprint density at radius 3 is 2.39 bits per heavy atom. The summed E-state index contributed by atoms with van der Waals surface area (Å²) < 4.78 is 54.4. The Hall–Kier alpha value is -3.06. The minimum absolute atomic E-state index is 0.123. The van der Waals surface area contributed by atoms with Gasteiger partial charge in [-0.2, -0.15) is 4.98 Å². The van der Waals surface area contributed by atoms with Crippen LogP contribution in [-0.4, -0.2) is 73.9 Å². The number of hydrogen-bond acceptors (Lipinski definition) is 8. The van der Waals surface area contributed by atoms with Gasteiger partial charge in [-0.3, -0.25) is 9.52 Å². The van der Waals surface area contributed by atoms with Crippen molar-refractivity contribution in [1.29, 1.82) is 0 Å². The monoisotopic (exact) mass is 550 g/mol. The van der Waals surface area contributed by atoms with Gasteiger partial charge in [0.05, 0.1) is 35.8 Å². The maximum absolute atomic E-state index is 13.7. The van der Waals surface area contributed by atoms with Crippen LogP contribution in [0.2, 0.25) is 0 Å². The number of sulfonamides is 1. The first kappa shape index (κ1) is 26.5. The smallest absolute Gasteiger partial charge is 0.267 e. The molecule has 0 unspecified atom stereocenters. The van der Waals surface area contributed by atoms with E-state index in [0.717, 1.165) is 25.9 Å². The number of halogens is 2. The molecule has 3 heterocycles. The second-order valence-corrected chi connectivity index (χ2v) is 12.4. The summed E-state index contributed by atoms with van der Waals surface area (Å²) in [5.41, 5.74) is 2.16. The van der Waals surface area contributed by atoms with Gasteiger partial charge in [0.2, 0.25) is 16.0 Å². The van der Waals surface area contributed by atoms with Crippen molar-refractivity contribution in [1.82, 2.24) is 9.97 Å². The fourth-order valence-corrected chi connectivity index (χ4v) is 5.98. The van der Waals surface area contributed by atoms with E-state index in [1.165, 1.54) is 23.8 Å². The first-order valence-electron chi connectivity index (χ1n) is 12.8. The number of aryl methyl sites for hydroxylation is 1. The van der Waals surface area contributed by atoms with Crippen LogP contribution >= 0.6 is 0 Å². The van der Waals surface area contributed by atoms with Crippen LogP contribution in [0.4, 0.5) is 31.9 Å². The summed E-state index contributed by atoms with van der Waals surface area (Å²) >= 11 is 0. The number of carbonyl (C=O) groups excluding carboxylic acids is 1. The second-order valence-electron chi connectivity index (χ2n) is 10.5. The number of anilines is 4. The quantitative estimate of drug-likeness (QED) is 0.458. The summed E-state index contributed by atoms with van der Waals surface area (Å²) in [5, 5.41) is 11.8. The molecule has 1 spiro atoms. The van der Waals surface area contributed by atoms with E-state index < -0.39 is 40.8 Å². The van der Waals surface area contributed by atoms with Gasteiger partial charge < -0.3 is 20.2 Å². The Bertz CT molecular complexity index is 1330. The number of alkyl halides is 2. The number of hydrogen-bond donors (Lipinski definition) is 3. The lowest BCUT2D eigenvalue weighted by molar-refractivity contribution is 0.0256. The van der Waals surface area contributed by atoms with E-state index >= 15 is 0 Å². The number of nitrogens with one attached hydrogen (secondary N) is 2. The number of aliphatic hydroxyl groups excluding tert-OH is 1. The number of aromatic nitrogens is 2. The largest absolute Gasteiger partial charge is 0.395 e. The number of benzene rings is 1. The van der Waals surface area contributed by atoms with Crippen LogP contribution in [0.3, 0.4) is 0 Å². The van der Waals surface area contributed by atoms with Gasteiger partial charge in [-0.25, -0.2) is 22.2 Å². The predicted octanol–water partition coefficient (Wildman–Crippen LogP) is 3.00. The van der Waals surface area contributed by atoms with Crippen molar-refractivity contribution in [2.75, 3.05) is 58.4 Å². The Labute approximate surface area is 220 Å². The van der Waals surface area contributed by atoms with Gasteiger partial charge >= 0.3 is 0 Å². The number of nitrogens with zero attached hydrogens (tertiary/aromatic N) is 4. The molecule has 1 aromatic carbocycles. The zero-order valence-electron chi connectivity index (χ0n) is 21.2. The van der Waals surface area contributed by atoms with E-state index in [9.17, 15) is 22.0 Å². The van der Waals surface area contributed by atoms with Crippen molar-refractivity contribution in [2.45, 2.75) is 45.0 Å². The topological polar surface area (TPSA) is 128 Å².